The topological polar surface area (TPSA) is 20.7 Å². The van der Waals surface area contributed by atoms with Crippen molar-refractivity contribution < 1.29 is 0 Å². The van der Waals surface area contributed by atoms with Gasteiger partial charge < -0.3 is 5.10 Å². The van der Waals surface area contributed by atoms with Crippen LogP contribution in [0.5, 0.6) is 0 Å². The molecule has 0 spiro atoms. The number of nitrogens with zero attached hydrogens (tertiary/aromatic N) is 1. The molecule has 1 aromatic heterocycles. The van der Waals surface area contributed by atoms with Gasteiger partial charge in [-0.25, -0.2) is 0 Å². The molecule has 0 aliphatic heterocycles. The molecule has 0 saturated carbocycles. The largest absolute Gasteiger partial charge is 0.302 e. The van der Waals surface area contributed by atoms with Crippen LogP contribution in [-0.4, -0.2) is 9.78 Å². The normalized spacial score (nSPS) is 10.6. The molecule has 0 aliphatic carbocycles. The Morgan fingerprint density at radius 1 is 1.24 bits per heavy atom. The van der Waals surface area contributed by atoms with E-state index in [0.717, 1.165) is 30.4 Å². The Labute approximate surface area is 107 Å². The smallest absolute Gasteiger partial charge is 0.122 e. The lowest BCUT2D eigenvalue weighted by atomic mass is 10.1. The minimum absolute atomic E-state index is 0.912. The van der Waals surface area contributed by atoms with Crippen LogP contribution in [0.1, 0.15) is 24.6 Å². The Morgan fingerprint density at radius 3 is 2.65 bits per heavy atom. The van der Waals surface area contributed by atoms with E-state index < -0.39 is 0 Å². The van der Waals surface area contributed by atoms with E-state index >= 15 is 0 Å². The number of hydrogen-bond acceptors (Lipinski definition) is 1. The zero-order chi connectivity index (χ0) is 12.1. The number of aromatic nitrogens is 2. The van der Waals surface area contributed by atoms with E-state index in [1.54, 1.807) is 0 Å². The number of hydrogen-bond donors (Lipinski definition) is 1. The highest BCUT2D eigenvalue weighted by Crippen LogP contribution is 2.05. The molecule has 0 bridgehead atoms. The van der Waals surface area contributed by atoms with Gasteiger partial charge in [0.25, 0.3) is 0 Å². The van der Waals surface area contributed by atoms with Gasteiger partial charge in [0.15, 0.2) is 0 Å². The summed E-state index contributed by atoms with van der Waals surface area (Å²) in [6, 6.07) is 12.6. The van der Waals surface area contributed by atoms with Crippen LogP contribution in [0.4, 0.5) is 0 Å². The molecule has 0 unspecified atom stereocenters. The van der Waals surface area contributed by atoms with Gasteiger partial charge in [0, 0.05) is 12.2 Å². The van der Waals surface area contributed by atoms with Crippen LogP contribution in [0.25, 0.3) is 0 Å². The van der Waals surface area contributed by atoms with Gasteiger partial charge in [-0.3, -0.25) is 4.68 Å². The fraction of sp³-hybridized carbons (Fsp3) is 0.357. The Bertz CT molecular complexity index is 511. The van der Waals surface area contributed by atoms with Crippen molar-refractivity contribution in [3.63, 3.8) is 0 Å². The molecule has 2 nitrogen and oxygen atoms in total. The lowest BCUT2D eigenvalue weighted by Crippen LogP contribution is -2.02. The van der Waals surface area contributed by atoms with Crippen LogP contribution in [0.15, 0.2) is 36.4 Å². The van der Waals surface area contributed by atoms with E-state index in [1.165, 1.54) is 11.3 Å². The summed E-state index contributed by atoms with van der Waals surface area (Å²) in [5, 5.41) is 3.33. The minimum atomic E-state index is 0.912. The first-order chi connectivity index (χ1) is 8.29. The zero-order valence-electron chi connectivity index (χ0n) is 10.1. The van der Waals surface area contributed by atoms with E-state index in [9.17, 15) is 0 Å². The third-order valence-electron chi connectivity index (χ3n) is 2.91. The fourth-order valence-corrected chi connectivity index (χ4v) is 2.20. The third kappa shape index (κ3) is 3.30. The summed E-state index contributed by atoms with van der Waals surface area (Å²) >= 11 is 5.30. The predicted octanol–water partition coefficient (Wildman–Crippen LogP) is 3.74. The molecule has 0 radical (unpaired) electrons. The van der Waals surface area contributed by atoms with Crippen LogP contribution < -0.4 is 0 Å². The third-order valence-corrected chi connectivity index (χ3v) is 3.25. The summed E-state index contributed by atoms with van der Waals surface area (Å²) in [5.41, 5.74) is 2.61. The Hall–Kier alpha value is -1.35. The van der Waals surface area contributed by atoms with Crippen molar-refractivity contribution in [3.05, 3.63) is 52.3 Å². The van der Waals surface area contributed by atoms with E-state index in [1.807, 2.05) is 0 Å². The Morgan fingerprint density at radius 2 is 2.00 bits per heavy atom. The lowest BCUT2D eigenvalue weighted by molar-refractivity contribution is 0.567. The predicted molar refractivity (Wildman–Crippen MR) is 73.8 cm³/mol. The van der Waals surface area contributed by atoms with Crippen LogP contribution in [0.2, 0.25) is 0 Å². The van der Waals surface area contributed by atoms with Gasteiger partial charge in [-0.05, 0) is 30.9 Å². The number of H-pyrrole nitrogens is 1. The molecule has 1 heterocycles. The minimum Gasteiger partial charge on any atom is -0.302 e. The number of aryl methyl sites for hydroxylation is 3. The number of nitrogens with one attached hydrogen (secondary N) is 1. The van der Waals surface area contributed by atoms with Gasteiger partial charge in [-0.2, -0.15) is 0 Å². The maximum absolute atomic E-state index is 5.30. The average molecular weight is 246 g/mol. The molecule has 1 aromatic carbocycles. The number of aromatic amines is 1. The first-order valence-electron chi connectivity index (χ1n) is 6.12. The van der Waals surface area contributed by atoms with Crippen molar-refractivity contribution in [2.24, 2.45) is 0 Å². The second kappa shape index (κ2) is 5.82. The van der Waals surface area contributed by atoms with Crippen molar-refractivity contribution in [1.29, 1.82) is 0 Å². The van der Waals surface area contributed by atoms with Gasteiger partial charge in [0.1, 0.15) is 4.64 Å². The highest BCUT2D eigenvalue weighted by molar-refractivity contribution is 7.71. The quantitative estimate of drug-likeness (QED) is 0.797. The van der Waals surface area contributed by atoms with Crippen molar-refractivity contribution in [1.82, 2.24) is 9.78 Å². The molecule has 2 aromatic rings. The molecule has 2 rings (SSSR count). The molecule has 1 N–H and O–H groups in total. The first-order valence-corrected chi connectivity index (χ1v) is 6.53. The number of rotatable bonds is 5. The summed E-state index contributed by atoms with van der Waals surface area (Å²) in [4.78, 5) is 0. The molecule has 0 saturated heterocycles. The standard InChI is InChI=1S/C14H18N2S/c1-2-13-11-14(17)16(15-13)10-6-9-12-7-4-3-5-8-12/h3-5,7-8,11,15H,2,6,9-10H2,1H3. The van der Waals surface area contributed by atoms with Crippen molar-refractivity contribution >= 4 is 12.2 Å². The molecule has 0 amide bonds. The maximum atomic E-state index is 5.30. The second-order valence-electron chi connectivity index (χ2n) is 4.21. The summed E-state index contributed by atoms with van der Waals surface area (Å²) < 4.78 is 2.98. The monoisotopic (exact) mass is 246 g/mol. The van der Waals surface area contributed by atoms with E-state index in [2.05, 4.69) is 53.1 Å². The molecule has 0 aliphatic rings. The lowest BCUT2D eigenvalue weighted by Gasteiger charge is -2.03. The summed E-state index contributed by atoms with van der Waals surface area (Å²) in [5.74, 6) is 0. The van der Waals surface area contributed by atoms with Crippen LogP contribution in [0, 0.1) is 4.64 Å². The van der Waals surface area contributed by atoms with E-state index in [4.69, 9.17) is 12.2 Å². The first kappa shape index (κ1) is 12.1. The van der Waals surface area contributed by atoms with Crippen LogP contribution in [0.3, 0.4) is 0 Å². The molecule has 0 fully saturated rings. The van der Waals surface area contributed by atoms with E-state index in [-0.39, 0.29) is 0 Å². The molecular formula is C14H18N2S. The molecule has 0 atom stereocenters. The highest BCUT2D eigenvalue weighted by Gasteiger charge is 1.98. The van der Waals surface area contributed by atoms with Crippen molar-refractivity contribution in [2.45, 2.75) is 32.7 Å². The summed E-state index contributed by atoms with van der Waals surface area (Å²) in [6.45, 7) is 3.10. The fourth-order valence-electron chi connectivity index (χ4n) is 1.92. The molecule has 3 heteroatoms. The van der Waals surface area contributed by atoms with Crippen molar-refractivity contribution in [2.75, 3.05) is 0 Å². The zero-order valence-corrected chi connectivity index (χ0v) is 11.0. The Kier molecular flexibility index (Phi) is 4.15. The average Bonchev–Trinajstić information content (AvgIpc) is 2.72. The van der Waals surface area contributed by atoms with Gasteiger partial charge in [-0.1, -0.05) is 49.5 Å². The van der Waals surface area contributed by atoms with Crippen LogP contribution in [-0.2, 0) is 19.4 Å². The summed E-state index contributed by atoms with van der Waals surface area (Å²) in [7, 11) is 0. The number of benzene rings is 1. The van der Waals surface area contributed by atoms with Gasteiger partial charge in [0.2, 0.25) is 0 Å². The highest BCUT2D eigenvalue weighted by atomic mass is 32.1. The molecular weight excluding hydrogens is 228 g/mol. The van der Waals surface area contributed by atoms with Gasteiger partial charge in [0.05, 0.1) is 0 Å². The maximum Gasteiger partial charge on any atom is 0.122 e. The second-order valence-corrected chi connectivity index (χ2v) is 4.63. The Balaban J connectivity index is 1.90. The molecule has 90 valence electrons. The summed E-state index contributed by atoms with van der Waals surface area (Å²) in [6.07, 6.45) is 3.22. The molecule has 17 heavy (non-hydrogen) atoms. The van der Waals surface area contributed by atoms with E-state index in [0.29, 0.717) is 0 Å². The van der Waals surface area contributed by atoms with Crippen LogP contribution >= 0.6 is 12.2 Å². The SMILES string of the molecule is CCc1cc(=S)n(CCCc2ccccc2)[nH]1. The van der Waals surface area contributed by atoms with Gasteiger partial charge in [-0.15, -0.1) is 0 Å². The van der Waals surface area contributed by atoms with Crippen molar-refractivity contribution in [3.8, 4) is 0 Å². The van der Waals surface area contributed by atoms with Gasteiger partial charge >= 0.3 is 0 Å².